The van der Waals surface area contributed by atoms with Gasteiger partial charge in [0.15, 0.2) is 0 Å². The lowest BCUT2D eigenvalue weighted by atomic mass is 9.90. The van der Waals surface area contributed by atoms with Crippen molar-refractivity contribution >= 4 is 21.8 Å². The molecule has 1 amide bonds. The Morgan fingerprint density at radius 2 is 2.28 bits per heavy atom. The summed E-state index contributed by atoms with van der Waals surface area (Å²) in [5.74, 6) is -1.13. The molecule has 100 valence electrons. The van der Waals surface area contributed by atoms with E-state index in [2.05, 4.69) is 21.2 Å². The third-order valence-corrected chi connectivity index (χ3v) is 3.24. The van der Waals surface area contributed by atoms with Crippen molar-refractivity contribution in [3.63, 3.8) is 0 Å². The molecule has 1 unspecified atom stereocenters. The monoisotopic (exact) mass is 318 g/mol. The van der Waals surface area contributed by atoms with Crippen molar-refractivity contribution in [1.82, 2.24) is 5.32 Å². The van der Waals surface area contributed by atoms with Crippen molar-refractivity contribution in [2.24, 2.45) is 5.73 Å². The Hall–Kier alpha value is -0.980. The first-order valence-corrected chi connectivity index (χ1v) is 6.20. The number of rotatable bonds is 6. The highest BCUT2D eigenvalue weighted by molar-refractivity contribution is 9.10. The summed E-state index contributed by atoms with van der Waals surface area (Å²) in [5.41, 5.74) is 4.33. The van der Waals surface area contributed by atoms with E-state index in [0.29, 0.717) is 17.6 Å². The third kappa shape index (κ3) is 3.28. The summed E-state index contributed by atoms with van der Waals surface area (Å²) in [6, 6.07) is 4.50. The van der Waals surface area contributed by atoms with Gasteiger partial charge >= 0.3 is 0 Å². The maximum Gasteiger partial charge on any atom is 0.242 e. The van der Waals surface area contributed by atoms with E-state index < -0.39 is 17.3 Å². The minimum absolute atomic E-state index is 0.217. The Bertz CT molecular complexity index is 442. The summed E-state index contributed by atoms with van der Waals surface area (Å²) in [4.78, 5) is 11.6. The fourth-order valence-electron chi connectivity index (χ4n) is 1.61. The van der Waals surface area contributed by atoms with Gasteiger partial charge in [-0.3, -0.25) is 10.1 Å². The Labute approximate surface area is 114 Å². The lowest BCUT2D eigenvalue weighted by molar-refractivity contribution is -0.124. The van der Waals surface area contributed by atoms with Gasteiger partial charge in [0.2, 0.25) is 5.91 Å². The Morgan fingerprint density at radius 1 is 1.61 bits per heavy atom. The van der Waals surface area contributed by atoms with Gasteiger partial charge in [0.25, 0.3) is 0 Å². The van der Waals surface area contributed by atoms with Gasteiger partial charge in [0, 0.05) is 23.7 Å². The highest BCUT2D eigenvalue weighted by Gasteiger charge is 2.35. The normalized spacial score (nSPS) is 14.2. The van der Waals surface area contributed by atoms with Crippen LogP contribution < -0.4 is 11.1 Å². The molecule has 0 aliphatic heterocycles. The molecule has 0 aliphatic carbocycles. The van der Waals surface area contributed by atoms with Crippen molar-refractivity contribution in [3.05, 3.63) is 34.1 Å². The summed E-state index contributed by atoms with van der Waals surface area (Å²) >= 11 is 3.17. The molecule has 1 rings (SSSR count). The van der Waals surface area contributed by atoms with E-state index in [4.69, 9.17) is 10.5 Å². The lowest BCUT2D eigenvalue weighted by Gasteiger charge is -2.28. The average molecular weight is 319 g/mol. The second kappa shape index (κ2) is 6.26. The predicted octanol–water partition coefficient (Wildman–Crippen LogP) is 1.52. The first-order chi connectivity index (χ1) is 8.41. The maximum atomic E-state index is 13.9. The molecule has 18 heavy (non-hydrogen) atoms. The zero-order valence-corrected chi connectivity index (χ0v) is 11.9. The molecule has 3 N–H and O–H groups in total. The Kier molecular flexibility index (Phi) is 5.25. The van der Waals surface area contributed by atoms with Crippen LogP contribution in [0.25, 0.3) is 0 Å². The average Bonchev–Trinajstić information content (AvgIpc) is 2.28. The number of benzene rings is 1. The fourth-order valence-corrected chi connectivity index (χ4v) is 1.95. The molecular weight excluding hydrogens is 303 g/mol. The van der Waals surface area contributed by atoms with Gasteiger partial charge in [-0.2, -0.15) is 0 Å². The summed E-state index contributed by atoms with van der Waals surface area (Å²) in [6.07, 6.45) is 0. The number of nitrogens with two attached hydrogens (primary N) is 1. The van der Waals surface area contributed by atoms with Crippen molar-refractivity contribution in [1.29, 1.82) is 0 Å². The molecule has 0 aliphatic rings. The van der Waals surface area contributed by atoms with Crippen molar-refractivity contribution in [2.45, 2.75) is 12.5 Å². The Balaban J connectivity index is 3.06. The van der Waals surface area contributed by atoms with Crippen LogP contribution in [0.5, 0.6) is 0 Å². The molecule has 0 saturated carbocycles. The van der Waals surface area contributed by atoms with Crippen molar-refractivity contribution in [2.75, 3.05) is 20.3 Å². The maximum absolute atomic E-state index is 13.9. The standard InChI is InChI=1S/C12H16BrFN2O2/c1-12(11(15)17,16-5-6-18-2)9-4-3-8(13)7-10(9)14/h3-4,7,16H,5-6H2,1-2H3,(H2,15,17). The van der Waals surface area contributed by atoms with Gasteiger partial charge in [0.05, 0.1) is 6.61 Å². The van der Waals surface area contributed by atoms with Crippen molar-refractivity contribution in [3.8, 4) is 0 Å². The van der Waals surface area contributed by atoms with Crippen LogP contribution in [-0.4, -0.2) is 26.2 Å². The van der Waals surface area contributed by atoms with Gasteiger partial charge in [-0.25, -0.2) is 4.39 Å². The lowest BCUT2D eigenvalue weighted by Crippen LogP contribution is -2.51. The number of primary amides is 1. The second-order valence-electron chi connectivity index (χ2n) is 4.03. The molecule has 0 aromatic heterocycles. The highest BCUT2D eigenvalue weighted by atomic mass is 79.9. The molecule has 1 aromatic carbocycles. The summed E-state index contributed by atoms with van der Waals surface area (Å²) < 4.78 is 19.4. The third-order valence-electron chi connectivity index (χ3n) is 2.75. The van der Waals surface area contributed by atoms with Crippen LogP contribution in [0.15, 0.2) is 22.7 Å². The van der Waals surface area contributed by atoms with E-state index in [1.54, 1.807) is 20.1 Å². The largest absolute Gasteiger partial charge is 0.383 e. The number of ether oxygens (including phenoxy) is 1. The van der Waals surface area contributed by atoms with E-state index in [9.17, 15) is 9.18 Å². The van der Waals surface area contributed by atoms with Crippen LogP contribution in [0, 0.1) is 5.82 Å². The topological polar surface area (TPSA) is 64.3 Å². The first kappa shape index (κ1) is 15.1. The fraction of sp³-hybridized carbons (Fsp3) is 0.417. The minimum atomic E-state index is -1.26. The van der Waals surface area contributed by atoms with E-state index in [1.165, 1.54) is 12.1 Å². The van der Waals surface area contributed by atoms with Crippen LogP contribution in [0.1, 0.15) is 12.5 Å². The number of nitrogens with one attached hydrogen (secondary N) is 1. The number of halogens is 2. The van der Waals surface area contributed by atoms with E-state index in [0.717, 1.165) is 0 Å². The number of hydrogen-bond donors (Lipinski definition) is 2. The predicted molar refractivity (Wildman–Crippen MR) is 70.5 cm³/mol. The molecule has 0 bridgehead atoms. The van der Waals surface area contributed by atoms with E-state index in [1.807, 2.05) is 0 Å². The molecule has 4 nitrogen and oxygen atoms in total. The van der Waals surface area contributed by atoms with E-state index in [-0.39, 0.29) is 5.56 Å². The van der Waals surface area contributed by atoms with Crippen LogP contribution in [-0.2, 0) is 15.1 Å². The number of methoxy groups -OCH3 is 1. The summed E-state index contributed by atoms with van der Waals surface area (Å²) in [6.45, 7) is 2.35. The van der Waals surface area contributed by atoms with Crippen LogP contribution in [0.3, 0.4) is 0 Å². The number of carbonyl (C=O) groups excluding carboxylic acids is 1. The number of amides is 1. The molecule has 0 radical (unpaired) electrons. The van der Waals surface area contributed by atoms with Gasteiger partial charge in [-0.05, 0) is 19.1 Å². The van der Waals surface area contributed by atoms with Gasteiger partial charge in [-0.15, -0.1) is 0 Å². The molecular formula is C12H16BrFN2O2. The van der Waals surface area contributed by atoms with Crippen molar-refractivity contribution < 1.29 is 13.9 Å². The zero-order chi connectivity index (χ0) is 13.8. The van der Waals surface area contributed by atoms with Crippen LogP contribution in [0.2, 0.25) is 0 Å². The smallest absolute Gasteiger partial charge is 0.242 e. The molecule has 0 heterocycles. The molecule has 6 heteroatoms. The van der Waals surface area contributed by atoms with Crippen LogP contribution >= 0.6 is 15.9 Å². The van der Waals surface area contributed by atoms with Gasteiger partial charge in [0.1, 0.15) is 11.4 Å². The van der Waals surface area contributed by atoms with Gasteiger partial charge in [-0.1, -0.05) is 22.0 Å². The SMILES string of the molecule is COCCNC(C)(C(N)=O)c1ccc(Br)cc1F. The molecule has 1 aromatic rings. The molecule has 0 fully saturated rings. The molecule has 1 atom stereocenters. The molecule has 0 saturated heterocycles. The quantitative estimate of drug-likeness (QED) is 0.782. The first-order valence-electron chi connectivity index (χ1n) is 5.41. The van der Waals surface area contributed by atoms with E-state index >= 15 is 0 Å². The zero-order valence-electron chi connectivity index (χ0n) is 10.3. The van der Waals surface area contributed by atoms with Crippen LogP contribution in [0.4, 0.5) is 4.39 Å². The second-order valence-corrected chi connectivity index (χ2v) is 4.95. The minimum Gasteiger partial charge on any atom is -0.383 e. The highest BCUT2D eigenvalue weighted by Crippen LogP contribution is 2.25. The summed E-state index contributed by atoms with van der Waals surface area (Å²) in [5, 5.41) is 2.92. The number of hydrogen-bond acceptors (Lipinski definition) is 3. The number of carbonyl (C=O) groups is 1. The molecule has 0 spiro atoms. The summed E-state index contributed by atoms with van der Waals surface area (Å²) in [7, 11) is 1.55. The van der Waals surface area contributed by atoms with Gasteiger partial charge < -0.3 is 10.5 Å². The Morgan fingerprint density at radius 3 is 2.78 bits per heavy atom.